The molecule has 0 saturated carbocycles. The van der Waals surface area contributed by atoms with Crippen molar-refractivity contribution in [3.05, 3.63) is 40.3 Å². The number of aromatic nitrogens is 2. The van der Waals surface area contributed by atoms with Crippen LogP contribution in [-0.2, 0) is 5.60 Å². The standard InChI is InChI=1S/C13H15BrN2O/c1-8-11(9-6-4-5-7-10(9)14)16-12(15-8)13(2,3)17/h4-7,17H,1-3H3,(H,15,16). The van der Waals surface area contributed by atoms with Gasteiger partial charge in [-0.2, -0.15) is 0 Å². The lowest BCUT2D eigenvalue weighted by Gasteiger charge is -2.12. The molecular formula is C13H15BrN2O. The second-order valence-electron chi connectivity index (χ2n) is 4.60. The van der Waals surface area contributed by atoms with Crippen LogP contribution in [0.1, 0.15) is 25.4 Å². The normalized spacial score (nSPS) is 11.8. The zero-order valence-electron chi connectivity index (χ0n) is 10.1. The average Bonchev–Trinajstić information content (AvgIpc) is 2.61. The average molecular weight is 295 g/mol. The smallest absolute Gasteiger partial charge is 0.138 e. The van der Waals surface area contributed by atoms with Crippen molar-refractivity contribution < 1.29 is 5.11 Å². The maximum absolute atomic E-state index is 9.94. The Morgan fingerprint density at radius 1 is 1.29 bits per heavy atom. The van der Waals surface area contributed by atoms with Gasteiger partial charge in [0.15, 0.2) is 0 Å². The van der Waals surface area contributed by atoms with Crippen molar-refractivity contribution in [1.82, 2.24) is 9.97 Å². The molecule has 0 radical (unpaired) electrons. The third kappa shape index (κ3) is 2.42. The molecule has 2 aromatic rings. The van der Waals surface area contributed by atoms with E-state index in [2.05, 4.69) is 25.9 Å². The van der Waals surface area contributed by atoms with Gasteiger partial charge >= 0.3 is 0 Å². The monoisotopic (exact) mass is 294 g/mol. The quantitative estimate of drug-likeness (QED) is 0.892. The van der Waals surface area contributed by atoms with Crippen LogP contribution in [0.25, 0.3) is 11.3 Å². The summed E-state index contributed by atoms with van der Waals surface area (Å²) in [6.07, 6.45) is 0. The summed E-state index contributed by atoms with van der Waals surface area (Å²) >= 11 is 3.51. The van der Waals surface area contributed by atoms with E-state index in [4.69, 9.17) is 0 Å². The zero-order valence-corrected chi connectivity index (χ0v) is 11.7. The van der Waals surface area contributed by atoms with E-state index in [1.807, 2.05) is 31.2 Å². The number of aliphatic hydroxyl groups is 1. The highest BCUT2D eigenvalue weighted by Crippen LogP contribution is 2.30. The number of H-pyrrole nitrogens is 1. The maximum atomic E-state index is 9.94. The first-order valence-corrected chi connectivity index (χ1v) is 6.23. The highest BCUT2D eigenvalue weighted by Gasteiger charge is 2.22. The third-order valence-electron chi connectivity index (χ3n) is 2.59. The molecule has 1 aromatic heterocycles. The van der Waals surface area contributed by atoms with E-state index in [0.29, 0.717) is 5.82 Å². The molecule has 1 heterocycles. The minimum absolute atomic E-state index is 0.584. The van der Waals surface area contributed by atoms with Crippen molar-refractivity contribution in [3.63, 3.8) is 0 Å². The number of aromatic amines is 1. The second-order valence-corrected chi connectivity index (χ2v) is 5.45. The second kappa shape index (κ2) is 4.27. The Balaban J connectivity index is 2.55. The molecule has 17 heavy (non-hydrogen) atoms. The van der Waals surface area contributed by atoms with Gasteiger partial charge in [0, 0.05) is 15.7 Å². The number of benzene rings is 1. The number of aryl methyl sites for hydroxylation is 1. The van der Waals surface area contributed by atoms with E-state index in [1.54, 1.807) is 13.8 Å². The molecule has 0 unspecified atom stereocenters. The van der Waals surface area contributed by atoms with Crippen LogP contribution in [0.2, 0.25) is 0 Å². The maximum Gasteiger partial charge on any atom is 0.138 e. The van der Waals surface area contributed by atoms with Crippen LogP contribution >= 0.6 is 15.9 Å². The first kappa shape index (κ1) is 12.3. The molecule has 4 heteroatoms. The fourth-order valence-corrected chi connectivity index (χ4v) is 2.14. The van der Waals surface area contributed by atoms with Gasteiger partial charge in [0.2, 0.25) is 0 Å². The lowest BCUT2D eigenvalue weighted by Crippen LogP contribution is -2.17. The van der Waals surface area contributed by atoms with E-state index in [0.717, 1.165) is 21.4 Å². The molecule has 0 amide bonds. The first-order valence-electron chi connectivity index (χ1n) is 5.44. The summed E-state index contributed by atoms with van der Waals surface area (Å²) in [5.74, 6) is 0.584. The van der Waals surface area contributed by atoms with Gasteiger partial charge in [-0.15, -0.1) is 0 Å². The van der Waals surface area contributed by atoms with Crippen LogP contribution in [0, 0.1) is 6.92 Å². The highest BCUT2D eigenvalue weighted by atomic mass is 79.9. The van der Waals surface area contributed by atoms with Crippen LogP contribution in [0.15, 0.2) is 28.7 Å². The minimum atomic E-state index is -0.954. The minimum Gasteiger partial charge on any atom is -0.383 e. The predicted molar refractivity (Wildman–Crippen MR) is 71.7 cm³/mol. The molecule has 0 aliphatic heterocycles. The van der Waals surface area contributed by atoms with E-state index in [-0.39, 0.29) is 0 Å². The topological polar surface area (TPSA) is 48.9 Å². The molecule has 0 spiro atoms. The van der Waals surface area contributed by atoms with Crippen molar-refractivity contribution in [2.75, 3.05) is 0 Å². The zero-order chi connectivity index (χ0) is 12.6. The Bertz CT molecular complexity index is 541. The molecule has 0 saturated heterocycles. The molecule has 90 valence electrons. The molecule has 2 rings (SSSR count). The lowest BCUT2D eigenvalue weighted by atomic mass is 10.1. The van der Waals surface area contributed by atoms with E-state index < -0.39 is 5.60 Å². The summed E-state index contributed by atoms with van der Waals surface area (Å²) < 4.78 is 0.997. The summed E-state index contributed by atoms with van der Waals surface area (Å²) in [5.41, 5.74) is 1.89. The van der Waals surface area contributed by atoms with Gasteiger partial charge in [-0.3, -0.25) is 0 Å². The van der Waals surface area contributed by atoms with Crippen molar-refractivity contribution in [2.24, 2.45) is 0 Å². The third-order valence-corrected chi connectivity index (χ3v) is 3.28. The summed E-state index contributed by atoms with van der Waals surface area (Å²) in [7, 11) is 0. The molecule has 0 bridgehead atoms. The van der Waals surface area contributed by atoms with E-state index in [9.17, 15) is 5.11 Å². The van der Waals surface area contributed by atoms with Crippen LogP contribution in [-0.4, -0.2) is 15.1 Å². The van der Waals surface area contributed by atoms with Gasteiger partial charge < -0.3 is 10.1 Å². The largest absolute Gasteiger partial charge is 0.383 e. The Kier molecular flexibility index (Phi) is 3.10. The fraction of sp³-hybridized carbons (Fsp3) is 0.308. The van der Waals surface area contributed by atoms with E-state index in [1.165, 1.54) is 0 Å². The Hall–Kier alpha value is -1.13. The molecule has 2 N–H and O–H groups in total. The number of nitrogens with zero attached hydrogens (tertiary/aromatic N) is 1. The van der Waals surface area contributed by atoms with Gasteiger partial charge in [0.05, 0.1) is 5.69 Å². The van der Waals surface area contributed by atoms with Crippen molar-refractivity contribution in [2.45, 2.75) is 26.4 Å². The molecule has 0 aliphatic rings. The predicted octanol–water partition coefficient (Wildman–Crippen LogP) is 3.38. The fourth-order valence-electron chi connectivity index (χ4n) is 1.67. The highest BCUT2D eigenvalue weighted by molar-refractivity contribution is 9.10. The van der Waals surface area contributed by atoms with Gasteiger partial charge in [0.1, 0.15) is 11.4 Å². The molecule has 0 atom stereocenters. The van der Waals surface area contributed by atoms with Crippen LogP contribution < -0.4 is 0 Å². The molecule has 0 fully saturated rings. The Morgan fingerprint density at radius 2 is 1.94 bits per heavy atom. The van der Waals surface area contributed by atoms with Gasteiger partial charge in [-0.05, 0) is 26.8 Å². The molecule has 1 aromatic carbocycles. The van der Waals surface area contributed by atoms with E-state index >= 15 is 0 Å². The number of hydrogen-bond acceptors (Lipinski definition) is 2. The first-order chi connectivity index (χ1) is 7.89. The number of halogens is 1. The summed E-state index contributed by atoms with van der Waals surface area (Å²) in [6, 6.07) is 7.92. The number of hydrogen-bond donors (Lipinski definition) is 2. The number of imidazole rings is 1. The van der Waals surface area contributed by atoms with Gasteiger partial charge in [0.25, 0.3) is 0 Å². The number of rotatable bonds is 2. The summed E-state index contributed by atoms with van der Waals surface area (Å²) in [6.45, 7) is 5.39. The van der Waals surface area contributed by atoms with Crippen LogP contribution in [0.4, 0.5) is 0 Å². The van der Waals surface area contributed by atoms with Gasteiger partial charge in [-0.25, -0.2) is 4.98 Å². The van der Waals surface area contributed by atoms with Crippen molar-refractivity contribution in [1.29, 1.82) is 0 Å². The van der Waals surface area contributed by atoms with Gasteiger partial charge in [-0.1, -0.05) is 34.1 Å². The summed E-state index contributed by atoms with van der Waals surface area (Å²) in [5, 5.41) is 9.94. The molecule has 0 aliphatic carbocycles. The Labute approximate surface area is 109 Å². The number of nitrogens with one attached hydrogen (secondary N) is 1. The molecular weight excluding hydrogens is 280 g/mol. The van der Waals surface area contributed by atoms with Crippen molar-refractivity contribution in [3.8, 4) is 11.3 Å². The van der Waals surface area contributed by atoms with Crippen LogP contribution in [0.3, 0.4) is 0 Å². The van der Waals surface area contributed by atoms with Crippen molar-refractivity contribution >= 4 is 15.9 Å². The SMILES string of the molecule is Cc1[nH]c(C(C)(C)O)nc1-c1ccccc1Br. The molecule has 3 nitrogen and oxygen atoms in total. The lowest BCUT2D eigenvalue weighted by molar-refractivity contribution is 0.0696. The Morgan fingerprint density at radius 3 is 2.47 bits per heavy atom. The van der Waals surface area contributed by atoms with Crippen LogP contribution in [0.5, 0.6) is 0 Å². The summed E-state index contributed by atoms with van der Waals surface area (Å²) in [4.78, 5) is 7.60.